The third kappa shape index (κ3) is 4.64. The number of amides is 1. The standard InChI is InChI=1S/C13H25N3O/c1-11(13(17)15-12-5-6-12)14-7-4-10-16-8-2-3-9-16/h11-12,14H,2-10H2,1H3,(H,15,17). The van der Waals surface area contributed by atoms with E-state index in [9.17, 15) is 4.79 Å². The van der Waals surface area contributed by atoms with Crippen molar-refractivity contribution in [2.24, 2.45) is 0 Å². The van der Waals surface area contributed by atoms with Gasteiger partial charge >= 0.3 is 0 Å². The minimum absolute atomic E-state index is 0.0471. The van der Waals surface area contributed by atoms with Gasteiger partial charge < -0.3 is 15.5 Å². The molecular weight excluding hydrogens is 214 g/mol. The summed E-state index contributed by atoms with van der Waals surface area (Å²) >= 11 is 0. The summed E-state index contributed by atoms with van der Waals surface area (Å²) in [6.45, 7) is 6.59. The predicted molar refractivity (Wildman–Crippen MR) is 68.9 cm³/mol. The highest BCUT2D eigenvalue weighted by Gasteiger charge is 2.25. The summed E-state index contributed by atoms with van der Waals surface area (Å²) < 4.78 is 0. The highest BCUT2D eigenvalue weighted by molar-refractivity contribution is 5.81. The fourth-order valence-corrected chi connectivity index (χ4v) is 2.27. The number of rotatable bonds is 7. The Hall–Kier alpha value is -0.610. The molecule has 0 aromatic heterocycles. The van der Waals surface area contributed by atoms with Gasteiger partial charge in [0.15, 0.2) is 0 Å². The van der Waals surface area contributed by atoms with Gasteiger partial charge in [-0.05, 0) is 65.2 Å². The van der Waals surface area contributed by atoms with E-state index in [-0.39, 0.29) is 11.9 Å². The Morgan fingerprint density at radius 1 is 1.35 bits per heavy atom. The second kappa shape index (κ2) is 6.36. The van der Waals surface area contributed by atoms with Crippen molar-refractivity contribution in [3.05, 3.63) is 0 Å². The Morgan fingerprint density at radius 2 is 2.06 bits per heavy atom. The maximum absolute atomic E-state index is 11.7. The van der Waals surface area contributed by atoms with Crippen LogP contribution in [0, 0.1) is 0 Å². The fraction of sp³-hybridized carbons (Fsp3) is 0.923. The van der Waals surface area contributed by atoms with Crippen LogP contribution in [-0.4, -0.2) is 49.1 Å². The van der Waals surface area contributed by atoms with Crippen molar-refractivity contribution < 1.29 is 4.79 Å². The third-order valence-electron chi connectivity index (χ3n) is 3.62. The molecule has 1 unspecified atom stereocenters. The predicted octanol–water partition coefficient (Wildman–Crippen LogP) is 0.729. The molecule has 2 aliphatic rings. The first-order valence-electron chi connectivity index (χ1n) is 7.02. The zero-order chi connectivity index (χ0) is 12.1. The molecule has 1 amide bonds. The van der Waals surface area contributed by atoms with Gasteiger partial charge in [0, 0.05) is 6.04 Å². The normalized spacial score (nSPS) is 22.6. The van der Waals surface area contributed by atoms with E-state index in [0.29, 0.717) is 6.04 Å². The monoisotopic (exact) mass is 239 g/mol. The van der Waals surface area contributed by atoms with E-state index in [1.165, 1.54) is 32.5 Å². The molecule has 0 aromatic rings. The average Bonchev–Trinajstić information content (AvgIpc) is 2.97. The van der Waals surface area contributed by atoms with Crippen molar-refractivity contribution in [2.75, 3.05) is 26.2 Å². The Morgan fingerprint density at radius 3 is 2.71 bits per heavy atom. The Bertz CT molecular complexity index is 247. The van der Waals surface area contributed by atoms with Gasteiger partial charge in [0.1, 0.15) is 0 Å². The summed E-state index contributed by atoms with van der Waals surface area (Å²) in [6.07, 6.45) is 6.17. The van der Waals surface area contributed by atoms with Crippen molar-refractivity contribution in [2.45, 2.75) is 51.1 Å². The molecule has 0 bridgehead atoms. The topological polar surface area (TPSA) is 44.4 Å². The number of likely N-dealkylation sites (tertiary alicyclic amines) is 1. The third-order valence-corrected chi connectivity index (χ3v) is 3.62. The summed E-state index contributed by atoms with van der Waals surface area (Å²) in [5, 5.41) is 6.32. The molecule has 2 rings (SSSR count). The van der Waals surface area contributed by atoms with Gasteiger partial charge in [-0.1, -0.05) is 0 Å². The minimum atomic E-state index is -0.0471. The molecule has 98 valence electrons. The van der Waals surface area contributed by atoms with Crippen LogP contribution in [0.25, 0.3) is 0 Å². The molecule has 1 aliphatic carbocycles. The summed E-state index contributed by atoms with van der Waals surface area (Å²) in [7, 11) is 0. The van der Waals surface area contributed by atoms with E-state index in [1.807, 2.05) is 6.92 Å². The zero-order valence-corrected chi connectivity index (χ0v) is 10.9. The molecule has 1 saturated heterocycles. The van der Waals surface area contributed by atoms with Gasteiger partial charge in [0.05, 0.1) is 6.04 Å². The van der Waals surface area contributed by atoms with Crippen LogP contribution in [0.4, 0.5) is 0 Å². The maximum Gasteiger partial charge on any atom is 0.237 e. The maximum atomic E-state index is 11.7. The summed E-state index contributed by atoms with van der Waals surface area (Å²) in [5.41, 5.74) is 0. The van der Waals surface area contributed by atoms with E-state index in [0.717, 1.165) is 25.8 Å². The van der Waals surface area contributed by atoms with Gasteiger partial charge in [-0.25, -0.2) is 0 Å². The van der Waals surface area contributed by atoms with Crippen molar-refractivity contribution >= 4 is 5.91 Å². The molecule has 4 heteroatoms. The van der Waals surface area contributed by atoms with Crippen molar-refractivity contribution in [1.82, 2.24) is 15.5 Å². The molecule has 1 aliphatic heterocycles. The molecule has 2 N–H and O–H groups in total. The Kier molecular flexibility index (Phi) is 4.80. The summed E-state index contributed by atoms with van der Waals surface area (Å²) in [5.74, 6) is 0.161. The van der Waals surface area contributed by atoms with Crippen LogP contribution in [0.15, 0.2) is 0 Å². The molecule has 2 fully saturated rings. The molecule has 17 heavy (non-hydrogen) atoms. The lowest BCUT2D eigenvalue weighted by Gasteiger charge is -2.16. The van der Waals surface area contributed by atoms with Crippen LogP contribution in [0.5, 0.6) is 0 Å². The van der Waals surface area contributed by atoms with Crippen LogP contribution in [-0.2, 0) is 4.79 Å². The smallest absolute Gasteiger partial charge is 0.237 e. The van der Waals surface area contributed by atoms with Crippen LogP contribution in [0.3, 0.4) is 0 Å². The number of carbonyl (C=O) groups excluding carboxylic acids is 1. The van der Waals surface area contributed by atoms with Gasteiger partial charge in [0.2, 0.25) is 5.91 Å². The number of hydrogen-bond acceptors (Lipinski definition) is 3. The lowest BCUT2D eigenvalue weighted by Crippen LogP contribution is -2.43. The number of nitrogens with zero attached hydrogens (tertiary/aromatic N) is 1. The first-order valence-corrected chi connectivity index (χ1v) is 7.02. The Balaban J connectivity index is 1.49. The number of nitrogens with one attached hydrogen (secondary N) is 2. The van der Waals surface area contributed by atoms with Crippen molar-refractivity contribution in [1.29, 1.82) is 0 Å². The van der Waals surface area contributed by atoms with Crippen LogP contribution in [0.2, 0.25) is 0 Å². The second-order valence-corrected chi connectivity index (χ2v) is 5.36. The summed E-state index contributed by atoms with van der Waals surface area (Å²) in [4.78, 5) is 14.2. The van der Waals surface area contributed by atoms with Crippen LogP contribution < -0.4 is 10.6 Å². The summed E-state index contributed by atoms with van der Waals surface area (Å²) in [6, 6.07) is 0.422. The minimum Gasteiger partial charge on any atom is -0.352 e. The number of carbonyl (C=O) groups is 1. The molecule has 1 heterocycles. The SMILES string of the molecule is CC(NCCCN1CCCC1)C(=O)NC1CC1. The molecular formula is C13H25N3O. The fourth-order valence-electron chi connectivity index (χ4n) is 2.27. The van der Waals surface area contributed by atoms with Crippen LogP contribution >= 0.6 is 0 Å². The van der Waals surface area contributed by atoms with E-state index in [2.05, 4.69) is 15.5 Å². The molecule has 1 atom stereocenters. The average molecular weight is 239 g/mol. The quantitative estimate of drug-likeness (QED) is 0.644. The molecule has 0 radical (unpaired) electrons. The van der Waals surface area contributed by atoms with E-state index >= 15 is 0 Å². The lowest BCUT2D eigenvalue weighted by molar-refractivity contribution is -0.122. The molecule has 1 saturated carbocycles. The van der Waals surface area contributed by atoms with E-state index in [4.69, 9.17) is 0 Å². The number of hydrogen-bond donors (Lipinski definition) is 2. The van der Waals surface area contributed by atoms with Crippen LogP contribution in [0.1, 0.15) is 39.0 Å². The van der Waals surface area contributed by atoms with Gasteiger partial charge in [-0.2, -0.15) is 0 Å². The first-order chi connectivity index (χ1) is 8.25. The highest BCUT2D eigenvalue weighted by Crippen LogP contribution is 2.18. The van der Waals surface area contributed by atoms with Gasteiger partial charge in [-0.15, -0.1) is 0 Å². The zero-order valence-electron chi connectivity index (χ0n) is 10.9. The molecule has 0 aromatic carbocycles. The first kappa shape index (κ1) is 12.8. The highest BCUT2D eigenvalue weighted by atomic mass is 16.2. The van der Waals surface area contributed by atoms with Crippen molar-refractivity contribution in [3.63, 3.8) is 0 Å². The van der Waals surface area contributed by atoms with E-state index in [1.54, 1.807) is 0 Å². The molecule has 0 spiro atoms. The molecule has 4 nitrogen and oxygen atoms in total. The second-order valence-electron chi connectivity index (χ2n) is 5.36. The lowest BCUT2D eigenvalue weighted by atomic mass is 10.3. The van der Waals surface area contributed by atoms with Crippen molar-refractivity contribution in [3.8, 4) is 0 Å². The van der Waals surface area contributed by atoms with Gasteiger partial charge in [-0.3, -0.25) is 4.79 Å². The van der Waals surface area contributed by atoms with Gasteiger partial charge in [0.25, 0.3) is 0 Å². The van der Waals surface area contributed by atoms with E-state index < -0.39 is 0 Å². The Labute approximate surface area is 104 Å². The largest absolute Gasteiger partial charge is 0.352 e.